The summed E-state index contributed by atoms with van der Waals surface area (Å²) in [5, 5.41) is 8.73. The second kappa shape index (κ2) is 7.65. The minimum absolute atomic E-state index is 0.0660. The monoisotopic (exact) mass is 278 g/mol. The molecule has 0 saturated heterocycles. The molecule has 1 aromatic rings. The van der Waals surface area contributed by atoms with Crippen LogP contribution in [0.3, 0.4) is 0 Å². The van der Waals surface area contributed by atoms with Gasteiger partial charge in [0.25, 0.3) is 0 Å². The number of aliphatic carboxylic acids is 1. The van der Waals surface area contributed by atoms with Crippen LogP contribution in [0, 0.1) is 0 Å². The molecule has 0 aliphatic rings. The summed E-state index contributed by atoms with van der Waals surface area (Å²) >= 11 is 0. The second-order valence-electron chi connectivity index (χ2n) is 5.07. The molecule has 0 heterocycles. The Morgan fingerprint density at radius 1 is 1.25 bits per heavy atom. The van der Waals surface area contributed by atoms with Gasteiger partial charge in [-0.15, -0.1) is 0 Å². The van der Waals surface area contributed by atoms with Gasteiger partial charge in [0, 0.05) is 12.6 Å². The highest BCUT2D eigenvalue weighted by molar-refractivity contribution is 5.82. The number of nitrogens with two attached hydrogens (primary N) is 1. The average Bonchev–Trinajstić information content (AvgIpc) is 2.39. The normalized spacial score (nSPS) is 12.2. The summed E-state index contributed by atoms with van der Waals surface area (Å²) < 4.78 is 0. The highest BCUT2D eigenvalue weighted by atomic mass is 16.4. The molecule has 1 unspecified atom stereocenters. The molecule has 1 rings (SSSR count). The number of nitrogens with zero attached hydrogens (tertiary/aromatic N) is 1. The molecular formula is C15H22N2O3. The fourth-order valence-corrected chi connectivity index (χ4v) is 2.01. The van der Waals surface area contributed by atoms with E-state index in [9.17, 15) is 9.59 Å². The first-order valence-electron chi connectivity index (χ1n) is 6.73. The van der Waals surface area contributed by atoms with Crippen molar-refractivity contribution in [2.24, 2.45) is 5.73 Å². The van der Waals surface area contributed by atoms with Gasteiger partial charge >= 0.3 is 5.97 Å². The molecular weight excluding hydrogens is 256 g/mol. The molecule has 5 nitrogen and oxygen atoms in total. The summed E-state index contributed by atoms with van der Waals surface area (Å²) in [6, 6.07) is 8.84. The van der Waals surface area contributed by atoms with Gasteiger partial charge in [-0.05, 0) is 25.8 Å². The van der Waals surface area contributed by atoms with E-state index >= 15 is 0 Å². The number of rotatable bonds is 7. The van der Waals surface area contributed by atoms with Gasteiger partial charge in [0.2, 0.25) is 5.91 Å². The van der Waals surface area contributed by atoms with Crippen molar-refractivity contribution >= 4 is 11.9 Å². The maximum absolute atomic E-state index is 12.3. The van der Waals surface area contributed by atoms with E-state index in [1.807, 2.05) is 44.2 Å². The van der Waals surface area contributed by atoms with E-state index in [1.165, 1.54) is 4.90 Å². The fourth-order valence-electron chi connectivity index (χ4n) is 2.01. The van der Waals surface area contributed by atoms with Crippen LogP contribution in [-0.4, -0.2) is 40.5 Å². The number of benzene rings is 1. The van der Waals surface area contributed by atoms with Crippen LogP contribution in [0.1, 0.15) is 25.8 Å². The third-order valence-corrected chi connectivity index (χ3v) is 3.09. The summed E-state index contributed by atoms with van der Waals surface area (Å²) in [6.45, 7) is 3.90. The molecule has 1 atom stereocenters. The minimum Gasteiger partial charge on any atom is -0.481 e. The Balaban J connectivity index is 2.66. The minimum atomic E-state index is -0.917. The van der Waals surface area contributed by atoms with Gasteiger partial charge in [-0.1, -0.05) is 30.3 Å². The van der Waals surface area contributed by atoms with Crippen LogP contribution in [0.4, 0.5) is 0 Å². The molecule has 0 aliphatic carbocycles. The molecule has 1 amide bonds. The Morgan fingerprint density at radius 2 is 1.85 bits per heavy atom. The number of carboxylic acids is 1. The van der Waals surface area contributed by atoms with Crippen molar-refractivity contribution in [1.82, 2.24) is 4.90 Å². The van der Waals surface area contributed by atoms with Gasteiger partial charge in [-0.2, -0.15) is 0 Å². The highest BCUT2D eigenvalue weighted by Gasteiger charge is 2.23. The Labute approximate surface area is 119 Å². The second-order valence-corrected chi connectivity index (χ2v) is 5.07. The summed E-state index contributed by atoms with van der Waals surface area (Å²) in [7, 11) is 0. The van der Waals surface area contributed by atoms with E-state index in [1.54, 1.807) is 0 Å². The SMILES string of the molecule is CC(C)N(CCC(=O)O)C(=O)C(N)Cc1ccccc1. The fraction of sp³-hybridized carbons (Fsp3) is 0.467. The van der Waals surface area contributed by atoms with Gasteiger partial charge in [0.1, 0.15) is 0 Å². The number of amides is 1. The molecule has 5 heteroatoms. The van der Waals surface area contributed by atoms with Crippen molar-refractivity contribution < 1.29 is 14.7 Å². The summed E-state index contributed by atoms with van der Waals surface area (Å²) in [4.78, 5) is 24.5. The van der Waals surface area contributed by atoms with Crippen molar-refractivity contribution in [2.45, 2.75) is 38.8 Å². The molecule has 0 bridgehead atoms. The lowest BCUT2D eigenvalue weighted by atomic mass is 10.0. The lowest BCUT2D eigenvalue weighted by Gasteiger charge is -2.29. The summed E-state index contributed by atoms with van der Waals surface area (Å²) in [5.41, 5.74) is 6.95. The number of carboxylic acid groups (broad SMARTS) is 1. The van der Waals surface area contributed by atoms with Crippen molar-refractivity contribution in [3.63, 3.8) is 0 Å². The molecule has 0 fully saturated rings. The van der Waals surface area contributed by atoms with Gasteiger partial charge < -0.3 is 15.7 Å². The van der Waals surface area contributed by atoms with E-state index in [0.717, 1.165) is 5.56 Å². The maximum atomic E-state index is 12.3. The average molecular weight is 278 g/mol. The molecule has 0 aromatic heterocycles. The molecule has 0 spiro atoms. The standard InChI is InChI=1S/C15H22N2O3/c1-11(2)17(9-8-14(18)19)15(20)13(16)10-12-6-4-3-5-7-12/h3-7,11,13H,8-10,16H2,1-2H3,(H,18,19). The van der Waals surface area contributed by atoms with E-state index < -0.39 is 12.0 Å². The first kappa shape index (κ1) is 16.2. The van der Waals surface area contributed by atoms with Crippen LogP contribution >= 0.6 is 0 Å². The van der Waals surface area contributed by atoms with E-state index in [4.69, 9.17) is 10.8 Å². The number of hydrogen-bond donors (Lipinski definition) is 2. The zero-order valence-electron chi connectivity index (χ0n) is 12.0. The number of carbonyl (C=O) groups excluding carboxylic acids is 1. The lowest BCUT2D eigenvalue weighted by Crippen LogP contribution is -2.48. The topological polar surface area (TPSA) is 83.6 Å². The van der Waals surface area contributed by atoms with Gasteiger partial charge in [-0.3, -0.25) is 9.59 Å². The van der Waals surface area contributed by atoms with Crippen molar-refractivity contribution in [2.75, 3.05) is 6.54 Å². The Morgan fingerprint density at radius 3 is 2.35 bits per heavy atom. The molecule has 1 aromatic carbocycles. The quantitative estimate of drug-likeness (QED) is 0.786. The van der Waals surface area contributed by atoms with Crippen molar-refractivity contribution in [3.05, 3.63) is 35.9 Å². The first-order chi connectivity index (χ1) is 9.41. The smallest absolute Gasteiger partial charge is 0.305 e. The summed E-state index contributed by atoms with van der Waals surface area (Å²) in [6.07, 6.45) is 0.387. The highest BCUT2D eigenvalue weighted by Crippen LogP contribution is 2.08. The van der Waals surface area contributed by atoms with Crippen LogP contribution in [0.25, 0.3) is 0 Å². The zero-order chi connectivity index (χ0) is 15.1. The van der Waals surface area contributed by atoms with Crippen LogP contribution < -0.4 is 5.73 Å². The maximum Gasteiger partial charge on any atom is 0.305 e. The third-order valence-electron chi connectivity index (χ3n) is 3.09. The van der Waals surface area contributed by atoms with Crippen molar-refractivity contribution in [1.29, 1.82) is 0 Å². The molecule has 20 heavy (non-hydrogen) atoms. The number of hydrogen-bond acceptors (Lipinski definition) is 3. The third kappa shape index (κ3) is 5.01. The predicted molar refractivity (Wildman–Crippen MR) is 77.2 cm³/mol. The lowest BCUT2D eigenvalue weighted by molar-refractivity contribution is -0.139. The van der Waals surface area contributed by atoms with Gasteiger partial charge in [0.15, 0.2) is 0 Å². The van der Waals surface area contributed by atoms with Crippen LogP contribution in [0.2, 0.25) is 0 Å². The predicted octanol–water partition coefficient (Wildman–Crippen LogP) is 1.27. The van der Waals surface area contributed by atoms with Gasteiger partial charge in [-0.25, -0.2) is 0 Å². The van der Waals surface area contributed by atoms with Gasteiger partial charge in [0.05, 0.1) is 12.5 Å². The Bertz CT molecular complexity index is 446. The first-order valence-corrected chi connectivity index (χ1v) is 6.73. The van der Waals surface area contributed by atoms with Crippen LogP contribution in [-0.2, 0) is 16.0 Å². The molecule has 110 valence electrons. The molecule has 0 aliphatic heterocycles. The molecule has 3 N–H and O–H groups in total. The Hall–Kier alpha value is -1.88. The van der Waals surface area contributed by atoms with E-state index in [2.05, 4.69) is 0 Å². The zero-order valence-corrected chi connectivity index (χ0v) is 12.0. The summed E-state index contributed by atoms with van der Waals surface area (Å²) in [5.74, 6) is -1.12. The molecule has 0 radical (unpaired) electrons. The molecule has 0 saturated carbocycles. The number of carbonyl (C=O) groups is 2. The largest absolute Gasteiger partial charge is 0.481 e. The van der Waals surface area contributed by atoms with Crippen LogP contribution in [0.15, 0.2) is 30.3 Å². The Kier molecular flexibility index (Phi) is 6.18. The van der Waals surface area contributed by atoms with E-state index in [0.29, 0.717) is 6.42 Å². The van der Waals surface area contributed by atoms with Crippen molar-refractivity contribution in [3.8, 4) is 0 Å². The van der Waals surface area contributed by atoms with E-state index in [-0.39, 0.29) is 24.9 Å². The van der Waals surface area contributed by atoms with Crippen LogP contribution in [0.5, 0.6) is 0 Å².